The van der Waals surface area contributed by atoms with Gasteiger partial charge in [-0.15, -0.1) is 0 Å². The van der Waals surface area contributed by atoms with Crippen molar-refractivity contribution in [1.29, 1.82) is 0 Å². The fraction of sp³-hybridized carbons (Fsp3) is 0.588. The molecule has 0 bridgehead atoms. The second-order valence-corrected chi connectivity index (χ2v) is 5.97. The molecule has 1 N–H and O–H groups in total. The maximum Gasteiger partial charge on any atom is 0.307 e. The van der Waals surface area contributed by atoms with Crippen molar-refractivity contribution in [2.75, 3.05) is 26.7 Å². The van der Waals surface area contributed by atoms with Gasteiger partial charge in [-0.1, -0.05) is 0 Å². The number of aliphatic carboxylic acids is 1. The van der Waals surface area contributed by atoms with Crippen molar-refractivity contribution in [3.63, 3.8) is 0 Å². The van der Waals surface area contributed by atoms with Gasteiger partial charge >= 0.3 is 5.97 Å². The van der Waals surface area contributed by atoms with Crippen molar-refractivity contribution in [3.05, 3.63) is 28.8 Å². The van der Waals surface area contributed by atoms with Gasteiger partial charge in [-0.25, -0.2) is 0 Å². The van der Waals surface area contributed by atoms with E-state index in [-0.39, 0.29) is 5.92 Å². The summed E-state index contributed by atoms with van der Waals surface area (Å²) in [5.41, 5.74) is 3.85. The predicted molar refractivity (Wildman–Crippen MR) is 83.0 cm³/mol. The molecule has 1 aromatic carbocycles. The normalized spacial score (nSPS) is 19.5. The highest BCUT2D eigenvalue weighted by Crippen LogP contribution is 2.23. The van der Waals surface area contributed by atoms with E-state index in [4.69, 9.17) is 9.84 Å². The Morgan fingerprint density at radius 3 is 2.62 bits per heavy atom. The van der Waals surface area contributed by atoms with Crippen molar-refractivity contribution < 1.29 is 14.6 Å². The third kappa shape index (κ3) is 3.97. The zero-order chi connectivity index (χ0) is 15.4. The summed E-state index contributed by atoms with van der Waals surface area (Å²) in [6, 6.07) is 4.14. The van der Waals surface area contributed by atoms with Crippen molar-refractivity contribution in [2.24, 2.45) is 5.92 Å². The highest BCUT2D eigenvalue weighted by molar-refractivity contribution is 5.70. The van der Waals surface area contributed by atoms with Crippen LogP contribution >= 0.6 is 0 Å². The van der Waals surface area contributed by atoms with Gasteiger partial charge in [0.1, 0.15) is 5.75 Å². The van der Waals surface area contributed by atoms with Crippen LogP contribution in [0.15, 0.2) is 12.1 Å². The molecular formula is C17H25NO3. The Morgan fingerprint density at radius 2 is 2.05 bits per heavy atom. The van der Waals surface area contributed by atoms with Gasteiger partial charge in [0.2, 0.25) is 0 Å². The average Bonchev–Trinajstić information content (AvgIpc) is 2.46. The third-order valence-electron chi connectivity index (χ3n) is 4.44. The number of ether oxygens (including phenoxy) is 1. The van der Waals surface area contributed by atoms with Gasteiger partial charge in [-0.2, -0.15) is 0 Å². The number of methoxy groups -OCH3 is 1. The Bertz CT molecular complexity index is 490. The lowest BCUT2D eigenvalue weighted by atomic mass is 9.96. The molecule has 1 atom stereocenters. The first kappa shape index (κ1) is 15.8. The minimum atomic E-state index is -0.656. The molecule has 4 nitrogen and oxygen atoms in total. The Labute approximate surface area is 126 Å². The highest BCUT2D eigenvalue weighted by atomic mass is 16.5. The molecule has 0 saturated carbocycles. The number of rotatable bonds is 5. The Morgan fingerprint density at radius 1 is 1.38 bits per heavy atom. The molecule has 21 heavy (non-hydrogen) atoms. The number of benzene rings is 1. The number of piperidine rings is 1. The first-order valence-corrected chi connectivity index (χ1v) is 7.60. The summed E-state index contributed by atoms with van der Waals surface area (Å²) in [4.78, 5) is 13.4. The van der Waals surface area contributed by atoms with Crippen LogP contribution < -0.4 is 4.74 Å². The van der Waals surface area contributed by atoms with Crippen LogP contribution in [0.25, 0.3) is 0 Å². The van der Waals surface area contributed by atoms with Crippen LogP contribution in [0.1, 0.15) is 29.5 Å². The third-order valence-corrected chi connectivity index (χ3v) is 4.44. The quantitative estimate of drug-likeness (QED) is 0.906. The fourth-order valence-electron chi connectivity index (χ4n) is 3.20. The summed E-state index contributed by atoms with van der Waals surface area (Å²) in [6.45, 7) is 6.85. The molecule has 0 amide bonds. The van der Waals surface area contributed by atoms with Crippen LogP contribution in [-0.2, 0) is 11.2 Å². The second kappa shape index (κ2) is 6.94. The predicted octanol–water partition coefficient (Wildman–Crippen LogP) is 2.65. The van der Waals surface area contributed by atoms with E-state index in [0.29, 0.717) is 6.54 Å². The van der Waals surface area contributed by atoms with E-state index in [1.54, 1.807) is 7.11 Å². The van der Waals surface area contributed by atoms with Crippen LogP contribution in [0.4, 0.5) is 0 Å². The van der Waals surface area contributed by atoms with E-state index < -0.39 is 5.97 Å². The van der Waals surface area contributed by atoms with Crippen molar-refractivity contribution in [3.8, 4) is 5.75 Å². The molecule has 0 spiro atoms. The summed E-state index contributed by atoms with van der Waals surface area (Å²) < 4.78 is 5.29. The smallest absolute Gasteiger partial charge is 0.307 e. The van der Waals surface area contributed by atoms with Gasteiger partial charge in [-0.05, 0) is 68.5 Å². The van der Waals surface area contributed by atoms with Crippen LogP contribution in [0.2, 0.25) is 0 Å². The first-order chi connectivity index (χ1) is 10.0. The van der Waals surface area contributed by atoms with E-state index in [1.807, 2.05) is 0 Å². The largest absolute Gasteiger partial charge is 0.497 e. The minimum absolute atomic E-state index is 0.197. The lowest BCUT2D eigenvalue weighted by molar-refractivity contribution is -0.143. The molecule has 4 heteroatoms. The average molecular weight is 291 g/mol. The van der Waals surface area contributed by atoms with Crippen LogP contribution in [0.5, 0.6) is 5.75 Å². The molecule has 1 heterocycles. The zero-order valence-electron chi connectivity index (χ0n) is 13.2. The topological polar surface area (TPSA) is 49.8 Å². The Balaban J connectivity index is 1.98. The van der Waals surface area contributed by atoms with E-state index in [9.17, 15) is 4.79 Å². The molecule has 0 aromatic heterocycles. The van der Waals surface area contributed by atoms with Crippen molar-refractivity contribution in [1.82, 2.24) is 4.90 Å². The summed E-state index contributed by atoms with van der Waals surface area (Å²) in [7, 11) is 1.69. The zero-order valence-corrected chi connectivity index (χ0v) is 13.2. The number of nitrogens with zero attached hydrogens (tertiary/aromatic N) is 1. The molecule has 1 fully saturated rings. The lowest BCUT2D eigenvalue weighted by Gasteiger charge is -2.30. The fourth-order valence-corrected chi connectivity index (χ4v) is 3.20. The van der Waals surface area contributed by atoms with Gasteiger partial charge in [0.15, 0.2) is 0 Å². The maximum absolute atomic E-state index is 11.1. The van der Waals surface area contributed by atoms with E-state index >= 15 is 0 Å². The molecule has 116 valence electrons. The maximum atomic E-state index is 11.1. The summed E-state index contributed by atoms with van der Waals surface area (Å²) >= 11 is 0. The van der Waals surface area contributed by atoms with Gasteiger partial charge in [0, 0.05) is 13.1 Å². The SMILES string of the molecule is COc1cc(C)c(CCN2CCCC(C(=O)O)C2)c(C)c1. The van der Waals surface area contributed by atoms with Gasteiger partial charge in [-0.3, -0.25) is 4.79 Å². The molecular weight excluding hydrogens is 266 g/mol. The number of hydrogen-bond donors (Lipinski definition) is 1. The lowest BCUT2D eigenvalue weighted by Crippen LogP contribution is -2.39. The van der Waals surface area contributed by atoms with Crippen molar-refractivity contribution in [2.45, 2.75) is 33.1 Å². The number of carboxylic acid groups (broad SMARTS) is 1. The molecule has 0 aliphatic carbocycles. The molecule has 1 saturated heterocycles. The number of carbonyl (C=O) groups is 1. The summed E-state index contributed by atoms with van der Waals surface area (Å²) in [5.74, 6) is 0.0472. The monoisotopic (exact) mass is 291 g/mol. The molecule has 1 aliphatic heterocycles. The first-order valence-electron chi connectivity index (χ1n) is 7.60. The van der Waals surface area contributed by atoms with Crippen LogP contribution in [-0.4, -0.2) is 42.7 Å². The molecule has 1 aromatic rings. The van der Waals surface area contributed by atoms with Gasteiger partial charge in [0.25, 0.3) is 0 Å². The van der Waals surface area contributed by atoms with E-state index in [1.165, 1.54) is 16.7 Å². The Hall–Kier alpha value is -1.55. The molecule has 1 unspecified atom stereocenters. The van der Waals surface area contributed by atoms with Gasteiger partial charge < -0.3 is 14.7 Å². The second-order valence-electron chi connectivity index (χ2n) is 5.97. The molecule has 0 radical (unpaired) electrons. The van der Waals surface area contributed by atoms with E-state index in [0.717, 1.165) is 38.1 Å². The minimum Gasteiger partial charge on any atom is -0.497 e. The van der Waals surface area contributed by atoms with E-state index in [2.05, 4.69) is 30.9 Å². The number of aryl methyl sites for hydroxylation is 2. The van der Waals surface area contributed by atoms with Crippen molar-refractivity contribution >= 4 is 5.97 Å². The number of carboxylic acids is 1. The summed E-state index contributed by atoms with van der Waals surface area (Å²) in [5, 5.41) is 9.15. The number of likely N-dealkylation sites (tertiary alicyclic amines) is 1. The summed E-state index contributed by atoms with van der Waals surface area (Å²) in [6.07, 6.45) is 2.76. The highest BCUT2D eigenvalue weighted by Gasteiger charge is 2.25. The standard InChI is InChI=1S/C17H25NO3/c1-12-9-15(21-3)10-13(2)16(12)6-8-18-7-4-5-14(11-18)17(19)20/h9-10,14H,4-8,11H2,1-3H3,(H,19,20). The molecule has 2 rings (SSSR count). The molecule has 1 aliphatic rings. The Kier molecular flexibility index (Phi) is 5.23. The van der Waals surface area contributed by atoms with Crippen LogP contribution in [0.3, 0.4) is 0 Å². The van der Waals surface area contributed by atoms with Gasteiger partial charge in [0.05, 0.1) is 13.0 Å². The number of hydrogen-bond acceptors (Lipinski definition) is 3. The van der Waals surface area contributed by atoms with Crippen LogP contribution in [0, 0.1) is 19.8 Å².